The minimum Gasteiger partial charge on any atom is -0.253 e. The highest BCUT2D eigenvalue weighted by Gasteiger charge is 2.40. The zero-order chi connectivity index (χ0) is 20.9. The molecule has 0 fully saturated rings. The standard InChI is InChI=1S/C21H13F3N6/c1-12-2-3-14-10-15(6-9-17(14)26-12)21(23,24)19-27-28-20-25-11-18(29-30(19)20)13-4-7-16(22)8-5-13/h2-11H,1H3. The highest BCUT2D eigenvalue weighted by atomic mass is 19.3. The largest absolute Gasteiger partial charge is 0.333 e. The van der Waals surface area contributed by atoms with Gasteiger partial charge in [0, 0.05) is 22.2 Å². The van der Waals surface area contributed by atoms with Crippen LogP contribution in [0.25, 0.3) is 27.9 Å². The van der Waals surface area contributed by atoms with E-state index in [-0.39, 0.29) is 17.0 Å². The maximum atomic E-state index is 15.4. The second-order valence-electron chi connectivity index (χ2n) is 6.82. The summed E-state index contributed by atoms with van der Waals surface area (Å²) < 4.78 is 44.9. The summed E-state index contributed by atoms with van der Waals surface area (Å²) in [5, 5.41) is 12.2. The fourth-order valence-corrected chi connectivity index (χ4v) is 3.20. The Bertz CT molecular complexity index is 1400. The van der Waals surface area contributed by atoms with E-state index in [2.05, 4.69) is 25.3 Å². The normalized spacial score (nSPS) is 12.0. The van der Waals surface area contributed by atoms with Crippen LogP contribution >= 0.6 is 0 Å². The molecule has 2 aromatic carbocycles. The van der Waals surface area contributed by atoms with Gasteiger partial charge in [0.1, 0.15) is 11.5 Å². The van der Waals surface area contributed by atoms with Crippen molar-refractivity contribution in [1.29, 1.82) is 0 Å². The van der Waals surface area contributed by atoms with E-state index in [4.69, 9.17) is 0 Å². The molecule has 0 atom stereocenters. The molecule has 30 heavy (non-hydrogen) atoms. The lowest BCUT2D eigenvalue weighted by Crippen LogP contribution is -2.20. The molecule has 5 rings (SSSR count). The van der Waals surface area contributed by atoms with Crippen molar-refractivity contribution in [2.75, 3.05) is 0 Å². The van der Waals surface area contributed by atoms with E-state index in [1.165, 1.54) is 42.6 Å². The molecule has 0 amide bonds. The Kier molecular flexibility index (Phi) is 3.99. The zero-order valence-electron chi connectivity index (χ0n) is 15.6. The Hall–Kier alpha value is -3.88. The molecule has 0 aliphatic carbocycles. The predicted octanol–water partition coefficient (Wildman–Crippen LogP) is 4.32. The Balaban J connectivity index is 1.63. The van der Waals surface area contributed by atoms with Gasteiger partial charge < -0.3 is 0 Å². The number of nitrogens with zero attached hydrogens (tertiary/aromatic N) is 6. The number of hydrogen-bond donors (Lipinski definition) is 0. The maximum Gasteiger partial charge on any atom is 0.333 e. The van der Waals surface area contributed by atoms with Gasteiger partial charge in [-0.05, 0) is 49.4 Å². The van der Waals surface area contributed by atoms with Crippen molar-refractivity contribution in [1.82, 2.24) is 29.8 Å². The average molecular weight is 406 g/mol. The van der Waals surface area contributed by atoms with Crippen molar-refractivity contribution >= 4 is 16.7 Å². The Labute approximate surface area is 168 Å². The summed E-state index contributed by atoms with van der Waals surface area (Å²) in [4.78, 5) is 8.39. The lowest BCUT2D eigenvalue weighted by molar-refractivity contribution is 0.0307. The van der Waals surface area contributed by atoms with Gasteiger partial charge in [-0.1, -0.05) is 12.1 Å². The van der Waals surface area contributed by atoms with Gasteiger partial charge in [-0.2, -0.15) is 18.4 Å². The number of aromatic nitrogens is 6. The Morgan fingerprint density at radius 2 is 1.73 bits per heavy atom. The summed E-state index contributed by atoms with van der Waals surface area (Å²) >= 11 is 0. The number of pyridine rings is 1. The molecule has 0 radical (unpaired) electrons. The van der Waals surface area contributed by atoms with E-state index < -0.39 is 17.6 Å². The van der Waals surface area contributed by atoms with Gasteiger partial charge in [-0.3, -0.25) is 4.98 Å². The van der Waals surface area contributed by atoms with Crippen LogP contribution in [0.5, 0.6) is 0 Å². The first-order valence-corrected chi connectivity index (χ1v) is 9.02. The van der Waals surface area contributed by atoms with Crippen molar-refractivity contribution in [3.8, 4) is 11.3 Å². The molecule has 3 aromatic heterocycles. The lowest BCUT2D eigenvalue weighted by atomic mass is 10.0. The fraction of sp³-hybridized carbons (Fsp3) is 0.0952. The van der Waals surface area contributed by atoms with Crippen molar-refractivity contribution in [3.63, 3.8) is 0 Å². The van der Waals surface area contributed by atoms with Gasteiger partial charge in [0.15, 0.2) is 0 Å². The van der Waals surface area contributed by atoms with Crippen LogP contribution in [-0.4, -0.2) is 29.8 Å². The van der Waals surface area contributed by atoms with Crippen LogP contribution in [0.3, 0.4) is 0 Å². The summed E-state index contributed by atoms with van der Waals surface area (Å²) in [5.41, 5.74) is 1.98. The zero-order valence-corrected chi connectivity index (χ0v) is 15.6. The number of benzene rings is 2. The van der Waals surface area contributed by atoms with E-state index in [1.54, 1.807) is 18.2 Å². The third kappa shape index (κ3) is 2.95. The third-order valence-corrected chi connectivity index (χ3v) is 4.75. The van der Waals surface area contributed by atoms with E-state index in [1.807, 2.05) is 6.92 Å². The van der Waals surface area contributed by atoms with Crippen LogP contribution in [0.2, 0.25) is 0 Å². The monoisotopic (exact) mass is 406 g/mol. The van der Waals surface area contributed by atoms with Crippen molar-refractivity contribution in [2.45, 2.75) is 12.8 Å². The van der Waals surface area contributed by atoms with Crippen LogP contribution in [-0.2, 0) is 5.92 Å². The summed E-state index contributed by atoms with van der Waals surface area (Å²) in [7, 11) is 0. The van der Waals surface area contributed by atoms with E-state index in [0.717, 1.165) is 10.2 Å². The molecule has 5 aromatic rings. The quantitative estimate of drug-likeness (QED) is 0.446. The fourth-order valence-electron chi connectivity index (χ4n) is 3.20. The minimum atomic E-state index is -3.48. The summed E-state index contributed by atoms with van der Waals surface area (Å²) in [6.45, 7) is 1.83. The van der Waals surface area contributed by atoms with Gasteiger partial charge in [0.2, 0.25) is 5.82 Å². The minimum absolute atomic E-state index is 0.0615. The van der Waals surface area contributed by atoms with Gasteiger partial charge in [-0.15, -0.1) is 10.2 Å². The Morgan fingerprint density at radius 3 is 2.53 bits per heavy atom. The number of fused-ring (bicyclic) bond motifs is 2. The highest BCUT2D eigenvalue weighted by Crippen LogP contribution is 2.35. The molecule has 0 N–H and O–H groups in total. The van der Waals surface area contributed by atoms with Gasteiger partial charge in [0.25, 0.3) is 5.78 Å². The number of alkyl halides is 2. The molecule has 0 aliphatic heterocycles. The molecular weight excluding hydrogens is 393 g/mol. The second-order valence-corrected chi connectivity index (χ2v) is 6.82. The molecule has 0 saturated carbocycles. The molecule has 0 unspecified atom stereocenters. The van der Waals surface area contributed by atoms with Gasteiger partial charge in [-0.25, -0.2) is 9.37 Å². The molecule has 0 bridgehead atoms. The topological polar surface area (TPSA) is 68.9 Å². The van der Waals surface area contributed by atoms with Crippen LogP contribution in [0.15, 0.2) is 60.8 Å². The number of halogens is 3. The van der Waals surface area contributed by atoms with Crippen LogP contribution in [0, 0.1) is 12.7 Å². The molecule has 6 nitrogen and oxygen atoms in total. The number of aryl methyl sites for hydroxylation is 1. The Morgan fingerprint density at radius 1 is 0.933 bits per heavy atom. The smallest absolute Gasteiger partial charge is 0.253 e. The van der Waals surface area contributed by atoms with E-state index >= 15 is 8.78 Å². The molecular formula is C21H13F3N6. The van der Waals surface area contributed by atoms with Gasteiger partial charge >= 0.3 is 5.92 Å². The van der Waals surface area contributed by atoms with Crippen molar-refractivity contribution in [2.24, 2.45) is 0 Å². The first kappa shape index (κ1) is 18.2. The highest BCUT2D eigenvalue weighted by molar-refractivity contribution is 5.79. The number of hydrogen-bond acceptors (Lipinski definition) is 5. The molecule has 3 heterocycles. The molecule has 148 valence electrons. The summed E-state index contributed by atoms with van der Waals surface area (Å²) in [6.07, 6.45) is 1.38. The first-order valence-electron chi connectivity index (χ1n) is 9.02. The first-order chi connectivity index (χ1) is 14.4. The maximum absolute atomic E-state index is 15.4. The van der Waals surface area contributed by atoms with Crippen molar-refractivity contribution in [3.05, 3.63) is 83.7 Å². The van der Waals surface area contributed by atoms with E-state index in [0.29, 0.717) is 16.5 Å². The van der Waals surface area contributed by atoms with Gasteiger partial charge in [0.05, 0.1) is 11.7 Å². The molecule has 0 aliphatic rings. The average Bonchev–Trinajstić information content (AvgIpc) is 3.18. The van der Waals surface area contributed by atoms with Crippen molar-refractivity contribution < 1.29 is 13.2 Å². The molecule has 0 spiro atoms. The SMILES string of the molecule is Cc1ccc2cc(C(F)(F)c3nnc4ncc(-c5ccc(F)cc5)nn34)ccc2n1. The van der Waals surface area contributed by atoms with E-state index in [9.17, 15) is 4.39 Å². The molecule has 0 saturated heterocycles. The molecule has 9 heteroatoms. The van der Waals surface area contributed by atoms with Crippen LogP contribution < -0.4 is 0 Å². The van der Waals surface area contributed by atoms with Crippen LogP contribution in [0.1, 0.15) is 17.1 Å². The lowest BCUT2D eigenvalue weighted by Gasteiger charge is -2.15. The second kappa shape index (κ2) is 6.58. The summed E-state index contributed by atoms with van der Waals surface area (Å²) in [6, 6.07) is 13.2. The summed E-state index contributed by atoms with van der Waals surface area (Å²) in [5.74, 6) is -4.61. The predicted molar refractivity (Wildman–Crippen MR) is 103 cm³/mol. The third-order valence-electron chi connectivity index (χ3n) is 4.75. The van der Waals surface area contributed by atoms with Crippen LogP contribution in [0.4, 0.5) is 13.2 Å². The number of rotatable bonds is 3.